The van der Waals surface area contributed by atoms with Crippen molar-refractivity contribution in [3.63, 3.8) is 0 Å². The van der Waals surface area contributed by atoms with E-state index in [2.05, 4.69) is 5.32 Å². The number of carbonyl (C=O) groups is 5. The number of nitrogens with two attached hydrogens (primary N) is 3. The van der Waals surface area contributed by atoms with Gasteiger partial charge in [-0.2, -0.15) is 0 Å². The lowest BCUT2D eigenvalue weighted by atomic mass is 10.0. The molecule has 5 amide bonds. The summed E-state index contributed by atoms with van der Waals surface area (Å²) < 4.78 is 6.11. The third-order valence-electron chi connectivity index (χ3n) is 8.24. The van der Waals surface area contributed by atoms with Gasteiger partial charge in [-0.05, 0) is 63.0 Å². The van der Waals surface area contributed by atoms with Gasteiger partial charge >= 0.3 is 0 Å². The molecule has 0 aromatic heterocycles. The third kappa shape index (κ3) is 9.52. The van der Waals surface area contributed by atoms with Crippen LogP contribution in [0.15, 0.2) is 24.3 Å². The minimum Gasteiger partial charge on any atom is -0.372 e. The maximum absolute atomic E-state index is 13.5. The molecule has 0 unspecified atom stereocenters. The highest BCUT2D eigenvalue weighted by atomic mass is 16.5. The summed E-state index contributed by atoms with van der Waals surface area (Å²) in [4.78, 5) is 64.4. The highest BCUT2D eigenvalue weighted by Gasteiger charge is 2.44. The molecule has 0 aliphatic carbocycles. The number of benzene rings is 1. The normalized spacial score (nSPS) is 22.1. The number of unbranched alkanes of at least 4 members (excludes halogenated alkanes) is 1. The number of carbonyl (C=O) groups excluding carboxylic acids is 5. The van der Waals surface area contributed by atoms with E-state index in [0.29, 0.717) is 45.3 Å². The van der Waals surface area contributed by atoms with Crippen molar-refractivity contribution in [3.8, 4) is 0 Å². The maximum atomic E-state index is 13.5. The first-order chi connectivity index (χ1) is 20.0. The number of ether oxygens (including phenoxy) is 1. The molecule has 3 rings (SSSR count). The van der Waals surface area contributed by atoms with Crippen LogP contribution in [0.25, 0.3) is 0 Å². The van der Waals surface area contributed by atoms with Crippen LogP contribution in [0, 0.1) is 0 Å². The minimum atomic E-state index is -0.903. The van der Waals surface area contributed by atoms with Crippen molar-refractivity contribution >= 4 is 29.5 Å². The van der Waals surface area contributed by atoms with Gasteiger partial charge in [0.05, 0.1) is 18.8 Å². The zero-order valence-corrected chi connectivity index (χ0v) is 24.8. The SMILES string of the molecule is CC(=O)N1CC[C@H]2CC[C@@H](C(=O)N[C@@H](CCC(N)=O)[C@@H](C)OCc3ccc(CCCCC(N)=O)cc3)N2C(=O)[C@@H](N)C1. The summed E-state index contributed by atoms with van der Waals surface area (Å²) in [6, 6.07) is 5.75. The molecule has 2 aliphatic rings. The Kier molecular flexibility index (Phi) is 12.3. The van der Waals surface area contributed by atoms with Crippen molar-refractivity contribution in [2.45, 2.75) is 109 Å². The van der Waals surface area contributed by atoms with Crippen molar-refractivity contribution < 1.29 is 28.7 Å². The summed E-state index contributed by atoms with van der Waals surface area (Å²) >= 11 is 0. The van der Waals surface area contributed by atoms with E-state index in [1.807, 2.05) is 31.2 Å². The largest absolute Gasteiger partial charge is 0.372 e. The van der Waals surface area contributed by atoms with Crippen LogP contribution in [0.2, 0.25) is 0 Å². The second-order valence-electron chi connectivity index (χ2n) is 11.5. The second-order valence-corrected chi connectivity index (χ2v) is 11.5. The number of nitrogens with one attached hydrogen (secondary N) is 1. The average Bonchev–Trinajstić information content (AvgIpc) is 3.36. The fourth-order valence-electron chi connectivity index (χ4n) is 5.72. The molecule has 0 bridgehead atoms. The van der Waals surface area contributed by atoms with E-state index in [1.54, 1.807) is 9.80 Å². The molecule has 1 aromatic rings. The molecule has 232 valence electrons. The number of rotatable bonds is 14. The molecule has 0 radical (unpaired) electrons. The summed E-state index contributed by atoms with van der Waals surface area (Å²) in [5, 5.41) is 3.02. The van der Waals surface area contributed by atoms with E-state index >= 15 is 0 Å². The molecule has 2 saturated heterocycles. The van der Waals surface area contributed by atoms with Crippen LogP contribution in [0.1, 0.15) is 76.3 Å². The molecule has 2 heterocycles. The lowest BCUT2D eigenvalue weighted by Gasteiger charge is -2.37. The minimum absolute atomic E-state index is 0.0742. The van der Waals surface area contributed by atoms with Crippen molar-refractivity contribution in [1.29, 1.82) is 0 Å². The molecular formula is C30H46N6O6. The van der Waals surface area contributed by atoms with E-state index in [4.69, 9.17) is 21.9 Å². The van der Waals surface area contributed by atoms with Crippen LogP contribution in [0.4, 0.5) is 0 Å². The predicted octanol–water partition coefficient (Wildman–Crippen LogP) is 0.479. The lowest BCUT2D eigenvalue weighted by Crippen LogP contribution is -2.60. The summed E-state index contributed by atoms with van der Waals surface area (Å²) in [5.41, 5.74) is 18.9. The second kappa shape index (κ2) is 15.6. The smallest absolute Gasteiger partial charge is 0.243 e. The molecule has 0 saturated carbocycles. The number of aryl methyl sites for hydroxylation is 1. The van der Waals surface area contributed by atoms with Gasteiger partial charge < -0.3 is 37.1 Å². The van der Waals surface area contributed by atoms with Gasteiger partial charge in [0, 0.05) is 38.9 Å². The van der Waals surface area contributed by atoms with Crippen LogP contribution in [-0.2, 0) is 41.7 Å². The third-order valence-corrected chi connectivity index (χ3v) is 8.24. The first-order valence-corrected chi connectivity index (χ1v) is 14.9. The Morgan fingerprint density at radius 3 is 2.31 bits per heavy atom. The Morgan fingerprint density at radius 1 is 1.00 bits per heavy atom. The van der Waals surface area contributed by atoms with Gasteiger partial charge in [0.1, 0.15) is 12.1 Å². The van der Waals surface area contributed by atoms with Crippen LogP contribution in [0.3, 0.4) is 0 Å². The molecule has 12 nitrogen and oxygen atoms in total. The van der Waals surface area contributed by atoms with Crippen molar-refractivity contribution in [2.75, 3.05) is 13.1 Å². The zero-order chi connectivity index (χ0) is 30.8. The Labute approximate surface area is 247 Å². The summed E-state index contributed by atoms with van der Waals surface area (Å²) in [6.45, 7) is 4.21. The summed E-state index contributed by atoms with van der Waals surface area (Å²) in [7, 11) is 0. The number of amides is 5. The fourth-order valence-corrected chi connectivity index (χ4v) is 5.72. The van der Waals surface area contributed by atoms with E-state index < -0.39 is 30.1 Å². The topological polar surface area (TPSA) is 191 Å². The maximum Gasteiger partial charge on any atom is 0.243 e. The number of nitrogens with zero attached hydrogens (tertiary/aromatic N) is 2. The van der Waals surface area contributed by atoms with Gasteiger partial charge in [-0.15, -0.1) is 0 Å². The molecule has 12 heteroatoms. The van der Waals surface area contributed by atoms with Crippen LogP contribution in [-0.4, -0.2) is 82.7 Å². The summed E-state index contributed by atoms with van der Waals surface area (Å²) in [5.74, 6) is -1.54. The molecule has 1 aromatic carbocycles. The van der Waals surface area contributed by atoms with E-state index in [1.165, 1.54) is 6.92 Å². The average molecular weight is 587 g/mol. The molecule has 42 heavy (non-hydrogen) atoms. The first kappa shape index (κ1) is 33.0. The number of primary amides is 2. The van der Waals surface area contributed by atoms with E-state index in [9.17, 15) is 24.0 Å². The van der Waals surface area contributed by atoms with Gasteiger partial charge in [0.25, 0.3) is 0 Å². The lowest BCUT2D eigenvalue weighted by molar-refractivity contribution is -0.144. The standard InChI is InChI=1S/C30H46N6O6/c1-19(42-18-22-9-7-21(8-10-22)5-3-4-6-27(32)38)25(12-14-28(33)39)34-29(40)26-13-11-23-15-16-35(20(2)37)17-24(31)30(41)36(23)26/h7-10,19,23-26H,3-6,11-18,31H2,1-2H3,(H2,32,38)(H2,33,39)(H,34,40)/t19-,23-,24+,25+,26+/m1/s1. The Bertz CT molecular complexity index is 1110. The van der Waals surface area contributed by atoms with Crippen LogP contribution in [0.5, 0.6) is 0 Å². The van der Waals surface area contributed by atoms with Gasteiger partial charge in [-0.1, -0.05) is 24.3 Å². The van der Waals surface area contributed by atoms with Gasteiger partial charge in [-0.25, -0.2) is 0 Å². The first-order valence-electron chi connectivity index (χ1n) is 14.9. The van der Waals surface area contributed by atoms with Gasteiger partial charge in [0.15, 0.2) is 0 Å². The molecule has 0 spiro atoms. The zero-order valence-electron chi connectivity index (χ0n) is 24.8. The fraction of sp³-hybridized carbons (Fsp3) is 0.633. The van der Waals surface area contributed by atoms with Crippen LogP contribution < -0.4 is 22.5 Å². The van der Waals surface area contributed by atoms with Crippen molar-refractivity contribution in [1.82, 2.24) is 15.1 Å². The highest BCUT2D eigenvalue weighted by Crippen LogP contribution is 2.29. The van der Waals surface area contributed by atoms with E-state index in [-0.39, 0.29) is 42.6 Å². The number of hydrogen-bond acceptors (Lipinski definition) is 7. The molecule has 2 aliphatic heterocycles. The highest BCUT2D eigenvalue weighted by molar-refractivity contribution is 5.91. The van der Waals surface area contributed by atoms with Crippen molar-refractivity contribution in [3.05, 3.63) is 35.4 Å². The van der Waals surface area contributed by atoms with Gasteiger partial charge in [-0.3, -0.25) is 24.0 Å². The molecule has 5 atom stereocenters. The number of hydrogen-bond donors (Lipinski definition) is 4. The Balaban J connectivity index is 1.60. The predicted molar refractivity (Wildman–Crippen MR) is 156 cm³/mol. The molecular weight excluding hydrogens is 540 g/mol. The summed E-state index contributed by atoms with van der Waals surface area (Å²) in [6.07, 6.45) is 4.53. The quantitative estimate of drug-likeness (QED) is 0.228. The monoisotopic (exact) mass is 586 g/mol. The van der Waals surface area contributed by atoms with E-state index in [0.717, 1.165) is 30.4 Å². The Hall–Kier alpha value is -3.51. The van der Waals surface area contributed by atoms with Crippen molar-refractivity contribution in [2.24, 2.45) is 17.2 Å². The van der Waals surface area contributed by atoms with Gasteiger partial charge in [0.2, 0.25) is 29.5 Å². The van der Waals surface area contributed by atoms with Crippen LogP contribution >= 0.6 is 0 Å². The molecule has 7 N–H and O–H groups in total. The molecule has 2 fully saturated rings. The Morgan fingerprint density at radius 2 is 1.67 bits per heavy atom. The number of fused-ring (bicyclic) bond motifs is 1.